The molecular formula is C12H15F3N2. The predicted octanol–water partition coefficient (Wildman–Crippen LogP) is 2.80. The van der Waals surface area contributed by atoms with Crippen molar-refractivity contribution in [1.82, 2.24) is 4.98 Å². The molecule has 5 heteroatoms. The molecule has 0 radical (unpaired) electrons. The van der Waals surface area contributed by atoms with E-state index in [0.717, 1.165) is 6.07 Å². The third-order valence-electron chi connectivity index (χ3n) is 3.80. The minimum Gasteiger partial charge on any atom is -0.330 e. The lowest BCUT2D eigenvalue weighted by Gasteiger charge is -2.12. The van der Waals surface area contributed by atoms with Crippen molar-refractivity contribution in [3.8, 4) is 0 Å². The normalized spacial score (nSPS) is 26.9. The largest absolute Gasteiger partial charge is 0.416 e. The monoisotopic (exact) mass is 244 g/mol. The van der Waals surface area contributed by atoms with Gasteiger partial charge in [-0.1, -0.05) is 13.8 Å². The summed E-state index contributed by atoms with van der Waals surface area (Å²) >= 11 is 0. The molecule has 2 nitrogen and oxygen atoms in total. The Hall–Kier alpha value is -1.10. The molecule has 0 unspecified atom stereocenters. The van der Waals surface area contributed by atoms with E-state index >= 15 is 0 Å². The molecule has 1 fully saturated rings. The summed E-state index contributed by atoms with van der Waals surface area (Å²) in [5, 5.41) is 0. The van der Waals surface area contributed by atoms with Gasteiger partial charge in [0.1, 0.15) is 0 Å². The van der Waals surface area contributed by atoms with Crippen molar-refractivity contribution in [2.24, 2.45) is 17.1 Å². The zero-order valence-electron chi connectivity index (χ0n) is 9.75. The van der Waals surface area contributed by atoms with Gasteiger partial charge in [0.2, 0.25) is 0 Å². The van der Waals surface area contributed by atoms with E-state index in [-0.39, 0.29) is 22.8 Å². The van der Waals surface area contributed by atoms with Crippen molar-refractivity contribution in [3.05, 3.63) is 29.6 Å². The first-order valence-electron chi connectivity index (χ1n) is 5.51. The molecule has 1 aromatic rings. The fraction of sp³-hybridized carbons (Fsp3) is 0.583. The second-order valence-corrected chi connectivity index (χ2v) is 5.10. The maximum Gasteiger partial charge on any atom is 0.416 e. The predicted molar refractivity (Wildman–Crippen MR) is 58.3 cm³/mol. The molecule has 1 saturated carbocycles. The molecule has 0 saturated heterocycles. The van der Waals surface area contributed by atoms with Crippen molar-refractivity contribution in [2.45, 2.75) is 25.9 Å². The first-order chi connectivity index (χ1) is 7.80. The number of hydrogen-bond donors (Lipinski definition) is 1. The lowest BCUT2D eigenvalue weighted by atomic mass is 10.00. The first-order valence-corrected chi connectivity index (χ1v) is 5.51. The molecule has 0 aromatic carbocycles. The van der Waals surface area contributed by atoms with Crippen molar-refractivity contribution in [1.29, 1.82) is 0 Å². The van der Waals surface area contributed by atoms with Crippen molar-refractivity contribution in [2.75, 3.05) is 6.54 Å². The van der Waals surface area contributed by atoms with Crippen LogP contribution >= 0.6 is 0 Å². The highest BCUT2D eigenvalue weighted by Gasteiger charge is 2.59. The van der Waals surface area contributed by atoms with E-state index in [1.54, 1.807) is 0 Å². The standard InChI is InChI=1S/C12H15F3N2/c1-11(2)9(5-16)10(11)7-6-17-4-3-8(7)12(13,14)15/h3-4,6,9-10H,5,16H2,1-2H3/t9-,10-/m0/s1. The number of alkyl halides is 3. The second kappa shape index (κ2) is 3.70. The summed E-state index contributed by atoms with van der Waals surface area (Å²) in [7, 11) is 0. The molecule has 0 spiro atoms. The minimum atomic E-state index is -4.32. The molecule has 94 valence electrons. The van der Waals surface area contributed by atoms with E-state index < -0.39 is 11.7 Å². The van der Waals surface area contributed by atoms with Crippen LogP contribution in [0.3, 0.4) is 0 Å². The Bertz CT molecular complexity index is 426. The topological polar surface area (TPSA) is 38.9 Å². The van der Waals surface area contributed by atoms with Crippen LogP contribution in [0.1, 0.15) is 30.9 Å². The van der Waals surface area contributed by atoms with Crippen LogP contribution in [0.5, 0.6) is 0 Å². The number of halogens is 3. The number of hydrogen-bond acceptors (Lipinski definition) is 2. The Morgan fingerprint density at radius 2 is 2.06 bits per heavy atom. The fourth-order valence-corrected chi connectivity index (χ4v) is 2.71. The molecule has 2 atom stereocenters. The van der Waals surface area contributed by atoms with Gasteiger partial charge in [-0.15, -0.1) is 0 Å². The third-order valence-corrected chi connectivity index (χ3v) is 3.80. The van der Waals surface area contributed by atoms with Crippen LogP contribution in [0.2, 0.25) is 0 Å². The Balaban J connectivity index is 2.42. The van der Waals surface area contributed by atoms with Gasteiger partial charge in [-0.25, -0.2) is 0 Å². The zero-order chi connectivity index (χ0) is 12.8. The maximum atomic E-state index is 12.9. The lowest BCUT2D eigenvalue weighted by Crippen LogP contribution is -2.10. The highest BCUT2D eigenvalue weighted by atomic mass is 19.4. The highest BCUT2D eigenvalue weighted by Crippen LogP contribution is 2.64. The van der Waals surface area contributed by atoms with Crippen molar-refractivity contribution < 1.29 is 13.2 Å². The third kappa shape index (κ3) is 1.92. The van der Waals surface area contributed by atoms with Crippen molar-refractivity contribution >= 4 is 0 Å². The van der Waals surface area contributed by atoms with E-state index in [0.29, 0.717) is 6.54 Å². The van der Waals surface area contributed by atoms with E-state index in [1.165, 1.54) is 12.4 Å². The van der Waals surface area contributed by atoms with E-state index in [2.05, 4.69) is 4.98 Å². The van der Waals surface area contributed by atoms with E-state index in [4.69, 9.17) is 5.73 Å². The Morgan fingerprint density at radius 3 is 2.53 bits per heavy atom. The molecule has 2 rings (SSSR count). The summed E-state index contributed by atoms with van der Waals surface area (Å²) < 4.78 is 38.6. The molecule has 0 amide bonds. The molecule has 17 heavy (non-hydrogen) atoms. The summed E-state index contributed by atoms with van der Waals surface area (Å²) in [6.45, 7) is 4.30. The molecule has 1 aliphatic rings. The summed E-state index contributed by atoms with van der Waals surface area (Å²) in [6, 6.07) is 1.04. The number of nitrogens with zero attached hydrogens (tertiary/aromatic N) is 1. The van der Waals surface area contributed by atoms with Gasteiger partial charge in [0.25, 0.3) is 0 Å². The second-order valence-electron chi connectivity index (χ2n) is 5.10. The molecule has 0 bridgehead atoms. The summed E-state index contributed by atoms with van der Waals surface area (Å²) in [5.41, 5.74) is 5.12. The number of pyridine rings is 1. The van der Waals surface area contributed by atoms with Gasteiger partial charge >= 0.3 is 6.18 Å². The van der Waals surface area contributed by atoms with E-state index in [9.17, 15) is 13.2 Å². The molecule has 0 aliphatic heterocycles. The average molecular weight is 244 g/mol. The molecule has 1 heterocycles. The van der Waals surface area contributed by atoms with Crippen LogP contribution in [0, 0.1) is 11.3 Å². The summed E-state index contributed by atoms with van der Waals surface area (Å²) in [4.78, 5) is 3.81. The maximum absolute atomic E-state index is 12.9. The van der Waals surface area contributed by atoms with Crippen LogP contribution in [0.15, 0.2) is 18.5 Å². The fourth-order valence-electron chi connectivity index (χ4n) is 2.71. The van der Waals surface area contributed by atoms with Gasteiger partial charge in [-0.2, -0.15) is 13.2 Å². The Morgan fingerprint density at radius 1 is 1.41 bits per heavy atom. The van der Waals surface area contributed by atoms with Crippen molar-refractivity contribution in [3.63, 3.8) is 0 Å². The Kier molecular flexibility index (Phi) is 2.69. The smallest absolute Gasteiger partial charge is 0.330 e. The van der Waals surface area contributed by atoms with Crippen LogP contribution < -0.4 is 5.73 Å². The molecule has 2 N–H and O–H groups in total. The van der Waals surface area contributed by atoms with Gasteiger partial charge in [-0.3, -0.25) is 4.98 Å². The minimum absolute atomic E-state index is 0.104. The lowest BCUT2D eigenvalue weighted by molar-refractivity contribution is -0.138. The molecular weight excluding hydrogens is 229 g/mol. The van der Waals surface area contributed by atoms with Crippen LogP contribution in [0.25, 0.3) is 0 Å². The SMILES string of the molecule is CC1(C)[C@@H](CN)[C@@H]1c1cnccc1C(F)(F)F. The first kappa shape index (κ1) is 12.4. The van der Waals surface area contributed by atoms with E-state index in [1.807, 2.05) is 13.8 Å². The van der Waals surface area contributed by atoms with Gasteiger partial charge in [0, 0.05) is 12.4 Å². The van der Waals surface area contributed by atoms with Gasteiger partial charge in [0.05, 0.1) is 5.56 Å². The van der Waals surface area contributed by atoms with Crippen LogP contribution in [-0.2, 0) is 6.18 Å². The molecule has 1 aliphatic carbocycles. The van der Waals surface area contributed by atoms with Gasteiger partial charge in [-0.05, 0) is 35.4 Å². The van der Waals surface area contributed by atoms with Gasteiger partial charge < -0.3 is 5.73 Å². The average Bonchev–Trinajstić information content (AvgIpc) is 2.79. The quantitative estimate of drug-likeness (QED) is 0.868. The molecule has 1 aromatic heterocycles. The van der Waals surface area contributed by atoms with Gasteiger partial charge in [0.15, 0.2) is 0 Å². The summed E-state index contributed by atoms with van der Waals surface area (Å²) in [5.74, 6) is -0.0365. The van der Waals surface area contributed by atoms with Crippen LogP contribution in [0.4, 0.5) is 13.2 Å². The number of nitrogens with two attached hydrogens (primary N) is 1. The number of aromatic nitrogens is 1. The zero-order valence-corrected chi connectivity index (χ0v) is 9.75. The number of rotatable bonds is 2. The highest BCUT2D eigenvalue weighted by molar-refractivity contribution is 5.37. The Labute approximate surface area is 98.0 Å². The summed E-state index contributed by atoms with van der Waals surface area (Å²) in [6.07, 6.45) is -1.82. The van der Waals surface area contributed by atoms with Crippen LogP contribution in [-0.4, -0.2) is 11.5 Å².